The normalized spacial score (nSPS) is 20.4. The summed E-state index contributed by atoms with van der Waals surface area (Å²) in [4.78, 5) is 1.29. The van der Waals surface area contributed by atoms with Gasteiger partial charge < -0.3 is 5.32 Å². The fourth-order valence-electron chi connectivity index (χ4n) is 1.17. The van der Waals surface area contributed by atoms with Gasteiger partial charge in [0.05, 0.1) is 9.98 Å². The number of nitrogens with one attached hydrogen (secondary N) is 3. The average Bonchev–Trinajstić information content (AvgIpc) is 2.24. The van der Waals surface area contributed by atoms with Crippen LogP contribution < -0.4 is 16.2 Å². The van der Waals surface area contributed by atoms with Crippen LogP contribution in [0, 0.1) is 0 Å². The van der Waals surface area contributed by atoms with Crippen molar-refractivity contribution in [2.24, 2.45) is 10.2 Å². The van der Waals surface area contributed by atoms with E-state index in [2.05, 4.69) is 26.4 Å². The van der Waals surface area contributed by atoms with E-state index < -0.39 is 0 Å². The van der Waals surface area contributed by atoms with Gasteiger partial charge in [-0.2, -0.15) is 10.2 Å². The van der Waals surface area contributed by atoms with Crippen LogP contribution in [0.25, 0.3) is 0 Å². The minimum absolute atomic E-state index is 0.645. The van der Waals surface area contributed by atoms with Crippen molar-refractivity contribution < 1.29 is 0 Å². The minimum atomic E-state index is 0.645. The fourth-order valence-corrected chi connectivity index (χ4v) is 1.27. The number of nitrogens with zero attached hydrogens (tertiary/aromatic N) is 2. The summed E-state index contributed by atoms with van der Waals surface area (Å²) in [6.07, 6.45) is 2.80. The topological polar surface area (TPSA) is 60.8 Å². The first kappa shape index (κ1) is 13.0. The Kier molecular flexibility index (Phi) is 5.27. The zero-order valence-corrected chi connectivity index (χ0v) is 11.0. The van der Waals surface area contributed by atoms with Gasteiger partial charge in [0.2, 0.25) is 0 Å². The third-order valence-corrected chi connectivity index (χ3v) is 1.99. The molecule has 1 fully saturated rings. The van der Waals surface area contributed by atoms with Crippen molar-refractivity contribution in [3.8, 4) is 0 Å². The lowest BCUT2D eigenvalue weighted by molar-refractivity contribution is 0.816. The standard InChI is InChI=1S/C9H15N5S2/c1-6(15)11-13-8-4-3-5-9(10-8)14-12-7(2)16/h3-5H2,1-2H3,(H,11,15)(H,12,16)(H,10,13,14). The van der Waals surface area contributed by atoms with Gasteiger partial charge in [-0.3, -0.25) is 10.9 Å². The van der Waals surface area contributed by atoms with Crippen LogP contribution in [0.3, 0.4) is 0 Å². The first-order valence-electron chi connectivity index (χ1n) is 5.01. The number of hydrazone groups is 2. The summed E-state index contributed by atoms with van der Waals surface area (Å²) in [6, 6.07) is 0. The van der Waals surface area contributed by atoms with Crippen molar-refractivity contribution in [1.29, 1.82) is 0 Å². The second-order valence-electron chi connectivity index (χ2n) is 3.43. The molecule has 7 heteroatoms. The van der Waals surface area contributed by atoms with Crippen molar-refractivity contribution in [2.75, 3.05) is 0 Å². The van der Waals surface area contributed by atoms with Gasteiger partial charge in [0, 0.05) is 12.8 Å². The molecular weight excluding hydrogens is 242 g/mol. The quantitative estimate of drug-likeness (QED) is 0.513. The van der Waals surface area contributed by atoms with Crippen LogP contribution in [0.15, 0.2) is 10.2 Å². The molecule has 0 aromatic rings. The monoisotopic (exact) mass is 257 g/mol. The molecule has 0 spiro atoms. The Labute approximate surface area is 106 Å². The Morgan fingerprint density at radius 2 is 1.50 bits per heavy atom. The molecule has 16 heavy (non-hydrogen) atoms. The molecule has 0 saturated carbocycles. The Morgan fingerprint density at radius 3 is 1.88 bits per heavy atom. The fraction of sp³-hybridized carbons (Fsp3) is 0.556. The van der Waals surface area contributed by atoms with Crippen LogP contribution in [0.5, 0.6) is 0 Å². The Hall–Kier alpha value is -1.08. The van der Waals surface area contributed by atoms with Crippen LogP contribution in [0.2, 0.25) is 0 Å². The van der Waals surface area contributed by atoms with Crippen LogP contribution in [0.4, 0.5) is 0 Å². The number of hydrogen-bond donors (Lipinski definition) is 3. The van der Waals surface area contributed by atoms with E-state index in [1.807, 2.05) is 0 Å². The van der Waals surface area contributed by atoms with Crippen LogP contribution in [0.1, 0.15) is 33.1 Å². The molecule has 0 aliphatic carbocycles. The number of piperidine rings is 1. The maximum Gasteiger partial charge on any atom is 0.127 e. The first-order valence-corrected chi connectivity index (χ1v) is 5.83. The predicted molar refractivity (Wildman–Crippen MR) is 74.7 cm³/mol. The van der Waals surface area contributed by atoms with Gasteiger partial charge in [0.15, 0.2) is 0 Å². The van der Waals surface area contributed by atoms with E-state index in [9.17, 15) is 0 Å². The van der Waals surface area contributed by atoms with Crippen LogP contribution in [-0.2, 0) is 0 Å². The lowest BCUT2D eigenvalue weighted by Gasteiger charge is -2.17. The van der Waals surface area contributed by atoms with Crippen molar-refractivity contribution in [3.63, 3.8) is 0 Å². The maximum absolute atomic E-state index is 4.87. The van der Waals surface area contributed by atoms with E-state index in [4.69, 9.17) is 24.4 Å². The van der Waals surface area contributed by atoms with Crippen molar-refractivity contribution in [2.45, 2.75) is 33.1 Å². The van der Waals surface area contributed by atoms with Gasteiger partial charge in [-0.25, -0.2) is 0 Å². The van der Waals surface area contributed by atoms with E-state index in [0.717, 1.165) is 30.9 Å². The summed E-state index contributed by atoms with van der Waals surface area (Å²) >= 11 is 9.75. The highest BCUT2D eigenvalue weighted by molar-refractivity contribution is 7.80. The third-order valence-electron chi connectivity index (χ3n) is 1.81. The molecule has 1 heterocycles. The molecule has 0 atom stereocenters. The SMILES string of the molecule is CC(=S)N/N=C1\CCC/C(=N\NC(C)=S)N1. The highest BCUT2D eigenvalue weighted by Gasteiger charge is 2.11. The van der Waals surface area contributed by atoms with Gasteiger partial charge in [0.1, 0.15) is 11.7 Å². The number of amidine groups is 2. The number of rotatable bonds is 2. The van der Waals surface area contributed by atoms with Crippen molar-refractivity contribution >= 4 is 46.1 Å². The van der Waals surface area contributed by atoms with Crippen LogP contribution in [-0.4, -0.2) is 21.6 Å². The molecule has 88 valence electrons. The summed E-state index contributed by atoms with van der Waals surface area (Å²) in [5.41, 5.74) is 5.51. The van der Waals surface area contributed by atoms with E-state index in [1.54, 1.807) is 13.8 Å². The lowest BCUT2D eigenvalue weighted by atomic mass is 10.1. The summed E-state index contributed by atoms with van der Waals surface area (Å²) in [6.45, 7) is 3.57. The van der Waals surface area contributed by atoms with E-state index in [0.29, 0.717) is 9.98 Å². The average molecular weight is 257 g/mol. The van der Waals surface area contributed by atoms with Gasteiger partial charge in [-0.1, -0.05) is 24.4 Å². The lowest BCUT2D eigenvalue weighted by Crippen LogP contribution is -2.37. The zero-order chi connectivity index (χ0) is 12.0. The summed E-state index contributed by atoms with van der Waals surface area (Å²) in [5, 5.41) is 11.4. The molecule has 0 unspecified atom stereocenters. The van der Waals surface area contributed by atoms with E-state index in [-0.39, 0.29) is 0 Å². The molecule has 3 N–H and O–H groups in total. The molecule has 1 aliphatic heterocycles. The molecule has 0 aromatic heterocycles. The highest BCUT2D eigenvalue weighted by atomic mass is 32.1. The largest absolute Gasteiger partial charge is 0.329 e. The highest BCUT2D eigenvalue weighted by Crippen LogP contribution is 2.04. The molecule has 0 bridgehead atoms. The van der Waals surface area contributed by atoms with E-state index >= 15 is 0 Å². The molecule has 5 nitrogen and oxygen atoms in total. The van der Waals surface area contributed by atoms with Crippen LogP contribution >= 0.6 is 24.4 Å². The summed E-state index contributed by atoms with van der Waals surface area (Å²) < 4.78 is 0. The predicted octanol–water partition coefficient (Wildman–Crippen LogP) is 1.26. The minimum Gasteiger partial charge on any atom is -0.329 e. The van der Waals surface area contributed by atoms with Gasteiger partial charge in [0.25, 0.3) is 0 Å². The number of thiocarbonyl (C=S) groups is 2. The number of hydrogen-bond acceptors (Lipinski definition) is 4. The Morgan fingerprint density at radius 1 is 1.06 bits per heavy atom. The Bertz CT molecular complexity index is 316. The Balaban J connectivity index is 2.52. The van der Waals surface area contributed by atoms with Gasteiger partial charge in [-0.15, -0.1) is 0 Å². The van der Waals surface area contributed by atoms with Gasteiger partial charge in [-0.05, 0) is 20.3 Å². The summed E-state index contributed by atoms with van der Waals surface area (Å²) in [7, 11) is 0. The van der Waals surface area contributed by atoms with Gasteiger partial charge >= 0.3 is 0 Å². The zero-order valence-electron chi connectivity index (χ0n) is 9.33. The molecule has 1 rings (SSSR count). The maximum atomic E-state index is 4.87. The molecule has 1 aliphatic rings. The molecule has 0 aromatic carbocycles. The van der Waals surface area contributed by atoms with Crippen molar-refractivity contribution in [3.05, 3.63) is 0 Å². The van der Waals surface area contributed by atoms with E-state index in [1.165, 1.54) is 0 Å². The molecule has 0 amide bonds. The second kappa shape index (κ2) is 6.49. The molecular formula is C9H15N5S2. The van der Waals surface area contributed by atoms with Crippen molar-refractivity contribution in [1.82, 2.24) is 16.2 Å². The molecule has 0 radical (unpaired) electrons. The summed E-state index contributed by atoms with van der Waals surface area (Å²) in [5.74, 6) is 1.69. The molecule has 1 saturated heterocycles. The first-order chi connectivity index (χ1) is 7.58. The third kappa shape index (κ3) is 5.13. The second-order valence-corrected chi connectivity index (χ2v) is 4.66. The smallest absolute Gasteiger partial charge is 0.127 e.